The zero-order valence-electron chi connectivity index (χ0n) is 9.65. The lowest BCUT2D eigenvalue weighted by atomic mass is 10.1. The van der Waals surface area contributed by atoms with E-state index in [-0.39, 0.29) is 0 Å². The average molecular weight is 221 g/mol. The Kier molecular flexibility index (Phi) is 2.55. The number of nitrogens with two attached hydrogens (primary N) is 1. The summed E-state index contributed by atoms with van der Waals surface area (Å²) in [5.41, 5.74) is 5.25. The van der Waals surface area contributed by atoms with E-state index in [2.05, 4.69) is 10.1 Å². The van der Waals surface area contributed by atoms with Crippen LogP contribution < -0.4 is 5.73 Å². The summed E-state index contributed by atoms with van der Waals surface area (Å²) >= 11 is 0. The Morgan fingerprint density at radius 3 is 2.62 bits per heavy atom. The van der Waals surface area contributed by atoms with Gasteiger partial charge in [0.1, 0.15) is 5.76 Å². The minimum absolute atomic E-state index is 0.369. The molecule has 2 aromatic heterocycles. The molecule has 0 bridgehead atoms. The second-order valence-corrected chi connectivity index (χ2v) is 4.26. The van der Waals surface area contributed by atoms with Crippen LogP contribution in [0.5, 0.6) is 0 Å². The fourth-order valence-corrected chi connectivity index (χ4v) is 1.27. The Hall–Kier alpha value is -1.62. The van der Waals surface area contributed by atoms with E-state index in [0.717, 1.165) is 12.2 Å². The van der Waals surface area contributed by atoms with E-state index in [1.165, 1.54) is 0 Å². The number of aromatic nitrogens is 2. The molecule has 16 heavy (non-hydrogen) atoms. The third-order valence-corrected chi connectivity index (χ3v) is 2.22. The van der Waals surface area contributed by atoms with Gasteiger partial charge in [0.25, 0.3) is 5.89 Å². The third kappa shape index (κ3) is 1.99. The quantitative estimate of drug-likeness (QED) is 0.858. The van der Waals surface area contributed by atoms with Gasteiger partial charge in [-0.25, -0.2) is 0 Å². The van der Waals surface area contributed by atoms with Crippen LogP contribution in [0.4, 0.5) is 0 Å². The van der Waals surface area contributed by atoms with Crippen molar-refractivity contribution in [2.24, 2.45) is 5.73 Å². The molecule has 0 aliphatic heterocycles. The maximum absolute atomic E-state index is 5.86. The van der Waals surface area contributed by atoms with Gasteiger partial charge in [-0.1, -0.05) is 12.1 Å². The molecular weight excluding hydrogens is 206 g/mol. The molecule has 2 aromatic rings. The smallest absolute Gasteiger partial charge is 0.293 e. The Morgan fingerprint density at radius 1 is 1.38 bits per heavy atom. The molecule has 5 nitrogen and oxygen atoms in total. The normalized spacial score (nSPS) is 12.0. The summed E-state index contributed by atoms with van der Waals surface area (Å²) in [6.45, 7) is 5.66. The summed E-state index contributed by atoms with van der Waals surface area (Å²) in [7, 11) is 0. The highest BCUT2D eigenvalue weighted by atomic mass is 16.5. The average Bonchev–Trinajstić information content (AvgIpc) is 2.85. The molecule has 0 saturated carbocycles. The van der Waals surface area contributed by atoms with Gasteiger partial charge in [0.2, 0.25) is 0 Å². The monoisotopic (exact) mass is 221 g/mol. The van der Waals surface area contributed by atoms with Crippen molar-refractivity contribution in [2.75, 3.05) is 0 Å². The minimum Gasteiger partial charge on any atom is -0.456 e. The Labute approximate surface area is 93.6 Å². The van der Waals surface area contributed by atoms with Gasteiger partial charge in [0, 0.05) is 6.42 Å². The van der Waals surface area contributed by atoms with Crippen molar-refractivity contribution in [3.63, 3.8) is 0 Å². The van der Waals surface area contributed by atoms with Crippen LogP contribution >= 0.6 is 0 Å². The predicted octanol–water partition coefficient (Wildman–Crippen LogP) is 2.09. The van der Waals surface area contributed by atoms with Gasteiger partial charge in [-0.05, 0) is 26.0 Å². The van der Waals surface area contributed by atoms with Gasteiger partial charge in [0.15, 0.2) is 11.6 Å². The molecule has 2 rings (SSSR count). The van der Waals surface area contributed by atoms with Gasteiger partial charge in [-0.2, -0.15) is 4.98 Å². The van der Waals surface area contributed by atoms with Crippen LogP contribution in [0.3, 0.4) is 0 Å². The Bertz CT molecular complexity index is 479. The standard InChI is InChI=1S/C11H15N3O2/c1-4-7-5-6-8(15-7)9-13-10(14-16-9)11(2,3)12/h5-6H,4,12H2,1-3H3. The Balaban J connectivity index is 2.31. The first-order valence-corrected chi connectivity index (χ1v) is 5.23. The van der Waals surface area contributed by atoms with Gasteiger partial charge in [0.05, 0.1) is 5.54 Å². The van der Waals surface area contributed by atoms with Crippen LogP contribution in [0.1, 0.15) is 32.4 Å². The Morgan fingerprint density at radius 2 is 2.12 bits per heavy atom. The van der Waals surface area contributed by atoms with Crippen molar-refractivity contribution in [3.8, 4) is 11.7 Å². The molecule has 0 spiro atoms. The summed E-state index contributed by atoms with van der Waals surface area (Å²) in [5.74, 6) is 2.31. The van der Waals surface area contributed by atoms with Crippen LogP contribution in [0.15, 0.2) is 21.1 Å². The molecule has 2 heterocycles. The first-order chi connectivity index (χ1) is 7.50. The molecule has 0 aliphatic rings. The largest absolute Gasteiger partial charge is 0.456 e. The summed E-state index contributed by atoms with van der Waals surface area (Å²) in [4.78, 5) is 4.20. The van der Waals surface area contributed by atoms with E-state index in [1.54, 1.807) is 0 Å². The van der Waals surface area contributed by atoms with Crippen LogP contribution in [-0.2, 0) is 12.0 Å². The second kappa shape index (κ2) is 3.75. The maximum Gasteiger partial charge on any atom is 0.293 e. The topological polar surface area (TPSA) is 78.1 Å². The summed E-state index contributed by atoms with van der Waals surface area (Å²) < 4.78 is 10.6. The SMILES string of the molecule is CCc1ccc(-c2nc(C(C)(C)N)no2)o1. The van der Waals surface area contributed by atoms with Crippen LogP contribution in [0.25, 0.3) is 11.7 Å². The van der Waals surface area contributed by atoms with E-state index in [1.807, 2.05) is 32.9 Å². The molecule has 5 heteroatoms. The third-order valence-electron chi connectivity index (χ3n) is 2.22. The molecule has 2 N–H and O–H groups in total. The van der Waals surface area contributed by atoms with Crippen molar-refractivity contribution in [2.45, 2.75) is 32.7 Å². The van der Waals surface area contributed by atoms with Crippen molar-refractivity contribution in [3.05, 3.63) is 23.7 Å². The molecule has 0 saturated heterocycles. The zero-order chi connectivity index (χ0) is 11.8. The molecule has 0 aliphatic carbocycles. The van der Waals surface area contributed by atoms with Gasteiger partial charge >= 0.3 is 0 Å². The van der Waals surface area contributed by atoms with Crippen molar-refractivity contribution in [1.82, 2.24) is 10.1 Å². The summed E-state index contributed by atoms with van der Waals surface area (Å²) in [6, 6.07) is 3.71. The van der Waals surface area contributed by atoms with E-state index in [4.69, 9.17) is 14.7 Å². The summed E-state index contributed by atoms with van der Waals surface area (Å²) in [5, 5.41) is 3.83. The van der Waals surface area contributed by atoms with Crippen LogP contribution in [0.2, 0.25) is 0 Å². The molecule has 0 atom stereocenters. The number of aryl methyl sites for hydroxylation is 1. The minimum atomic E-state index is -0.609. The molecule has 0 fully saturated rings. The lowest BCUT2D eigenvalue weighted by Gasteiger charge is -2.11. The highest BCUT2D eigenvalue weighted by Gasteiger charge is 2.22. The molecular formula is C11H15N3O2. The zero-order valence-corrected chi connectivity index (χ0v) is 9.65. The highest BCUT2D eigenvalue weighted by Crippen LogP contribution is 2.23. The molecule has 0 radical (unpaired) electrons. The van der Waals surface area contributed by atoms with E-state index >= 15 is 0 Å². The fourth-order valence-electron chi connectivity index (χ4n) is 1.27. The predicted molar refractivity (Wildman–Crippen MR) is 58.6 cm³/mol. The van der Waals surface area contributed by atoms with Crippen molar-refractivity contribution in [1.29, 1.82) is 0 Å². The lowest BCUT2D eigenvalue weighted by molar-refractivity contribution is 0.387. The van der Waals surface area contributed by atoms with Gasteiger partial charge in [-0.15, -0.1) is 0 Å². The van der Waals surface area contributed by atoms with Crippen LogP contribution in [0, 0.1) is 0 Å². The first kappa shape index (κ1) is 10.9. The molecule has 86 valence electrons. The van der Waals surface area contributed by atoms with Crippen LogP contribution in [-0.4, -0.2) is 10.1 Å². The van der Waals surface area contributed by atoms with E-state index < -0.39 is 5.54 Å². The molecule has 0 aromatic carbocycles. The number of furan rings is 1. The molecule has 0 amide bonds. The van der Waals surface area contributed by atoms with E-state index in [0.29, 0.717) is 17.5 Å². The lowest BCUT2D eigenvalue weighted by Crippen LogP contribution is -2.30. The second-order valence-electron chi connectivity index (χ2n) is 4.26. The summed E-state index contributed by atoms with van der Waals surface area (Å²) in [6.07, 6.45) is 0.837. The van der Waals surface area contributed by atoms with Crippen molar-refractivity contribution < 1.29 is 8.94 Å². The number of hydrogen-bond donors (Lipinski definition) is 1. The fraction of sp³-hybridized carbons (Fsp3) is 0.455. The van der Waals surface area contributed by atoms with Gasteiger partial charge < -0.3 is 14.7 Å². The highest BCUT2D eigenvalue weighted by molar-refractivity contribution is 5.44. The number of rotatable bonds is 3. The van der Waals surface area contributed by atoms with E-state index in [9.17, 15) is 0 Å². The first-order valence-electron chi connectivity index (χ1n) is 5.23. The number of hydrogen-bond acceptors (Lipinski definition) is 5. The maximum atomic E-state index is 5.86. The molecule has 0 unspecified atom stereocenters. The van der Waals surface area contributed by atoms with Gasteiger partial charge in [-0.3, -0.25) is 0 Å². The number of nitrogens with zero attached hydrogens (tertiary/aromatic N) is 2. The van der Waals surface area contributed by atoms with Crippen molar-refractivity contribution >= 4 is 0 Å².